The Morgan fingerprint density at radius 2 is 1.88 bits per heavy atom. The fourth-order valence-electron chi connectivity index (χ4n) is 4.31. The first-order valence-corrected chi connectivity index (χ1v) is 12.4. The lowest BCUT2D eigenvalue weighted by molar-refractivity contribution is -0.897. The molecule has 10 nitrogen and oxygen atoms in total. The van der Waals surface area contributed by atoms with Gasteiger partial charge in [-0.25, -0.2) is 13.8 Å². The van der Waals surface area contributed by atoms with Crippen molar-refractivity contribution in [3.05, 3.63) is 90.3 Å². The van der Waals surface area contributed by atoms with Gasteiger partial charge in [0.25, 0.3) is 5.69 Å². The highest BCUT2D eigenvalue weighted by Crippen LogP contribution is 2.41. The number of amides is 1. The maximum atomic E-state index is 15.1. The van der Waals surface area contributed by atoms with Gasteiger partial charge in [-0.15, -0.1) is 0 Å². The number of carbonyl (C=O) groups excluding carboxylic acids is 1. The lowest BCUT2D eigenvalue weighted by Crippen LogP contribution is -2.41. The Morgan fingerprint density at radius 3 is 2.60 bits per heavy atom. The van der Waals surface area contributed by atoms with Crippen LogP contribution in [0.25, 0.3) is 22.3 Å². The van der Waals surface area contributed by atoms with Crippen LogP contribution in [0, 0.1) is 11.6 Å². The number of aliphatic hydroxyl groups is 1. The van der Waals surface area contributed by atoms with Crippen molar-refractivity contribution in [2.45, 2.75) is 18.4 Å². The van der Waals surface area contributed by atoms with E-state index in [-0.39, 0.29) is 29.4 Å². The average molecular weight is 546 g/mol. The third-order valence-corrected chi connectivity index (χ3v) is 6.71. The molecule has 1 aliphatic rings. The number of carbonyl (C=O) groups is 1. The van der Waals surface area contributed by atoms with Gasteiger partial charge in [-0.2, -0.15) is 5.10 Å². The highest BCUT2D eigenvalue weighted by atomic mass is 19.1. The van der Waals surface area contributed by atoms with Gasteiger partial charge < -0.3 is 20.5 Å². The SMILES string of the molecule is O=C(Nc1ccc(Oc2ccnc3[nH]nc(NC4(CO)CC4)c23)c(F)c1)c1cccc(-c2ccc(F)cc2)[n+]1O. The number of fused-ring (bicyclic) bond motifs is 1. The van der Waals surface area contributed by atoms with Gasteiger partial charge in [0.15, 0.2) is 23.0 Å². The molecule has 5 N–H and O–H groups in total. The molecule has 1 aliphatic carbocycles. The first-order valence-electron chi connectivity index (χ1n) is 12.4. The van der Waals surface area contributed by atoms with Gasteiger partial charge in [0.1, 0.15) is 17.0 Å². The van der Waals surface area contributed by atoms with Crippen molar-refractivity contribution in [3.8, 4) is 22.8 Å². The number of H-pyrrole nitrogens is 1. The zero-order chi connectivity index (χ0) is 27.9. The molecule has 6 rings (SSSR count). The van der Waals surface area contributed by atoms with Gasteiger partial charge in [-0.1, -0.05) is 0 Å². The lowest BCUT2D eigenvalue weighted by atomic mass is 10.1. The maximum Gasteiger partial charge on any atom is 0.325 e. The summed E-state index contributed by atoms with van der Waals surface area (Å²) in [4.78, 5) is 17.1. The lowest BCUT2D eigenvalue weighted by Gasteiger charge is -2.15. The minimum atomic E-state index is -0.744. The van der Waals surface area contributed by atoms with Gasteiger partial charge in [-0.3, -0.25) is 15.1 Å². The number of hydrogen-bond donors (Lipinski definition) is 5. The molecule has 12 heteroatoms. The van der Waals surface area contributed by atoms with Crippen LogP contribution in [-0.2, 0) is 0 Å². The zero-order valence-electron chi connectivity index (χ0n) is 20.9. The van der Waals surface area contributed by atoms with Crippen LogP contribution in [0.2, 0.25) is 0 Å². The number of aliphatic hydroxyl groups excluding tert-OH is 1. The minimum absolute atomic E-state index is 0.0492. The molecule has 3 heterocycles. The molecular formula is C28H23F2N6O4+. The van der Waals surface area contributed by atoms with Gasteiger partial charge in [0.05, 0.1) is 17.7 Å². The van der Waals surface area contributed by atoms with Crippen LogP contribution in [0.15, 0.2) is 72.9 Å². The molecule has 1 fully saturated rings. The molecule has 0 atom stereocenters. The summed E-state index contributed by atoms with van der Waals surface area (Å²) in [7, 11) is 0. The Labute approximate surface area is 225 Å². The molecule has 1 amide bonds. The van der Waals surface area contributed by atoms with E-state index in [1.165, 1.54) is 48.7 Å². The van der Waals surface area contributed by atoms with E-state index >= 15 is 4.39 Å². The predicted molar refractivity (Wildman–Crippen MR) is 140 cm³/mol. The molecule has 0 bridgehead atoms. The summed E-state index contributed by atoms with van der Waals surface area (Å²) in [5.74, 6) is -1.23. The highest BCUT2D eigenvalue weighted by molar-refractivity contribution is 6.02. The van der Waals surface area contributed by atoms with Crippen molar-refractivity contribution in [1.82, 2.24) is 15.2 Å². The average Bonchev–Trinajstić information content (AvgIpc) is 3.61. The standard InChI is InChI=1S/C28H22F2N6O4/c29-17-6-4-16(5-7-17)20-2-1-3-21(36(20)39)27(38)32-18-8-9-22(19(30)14-18)40-23-10-13-31-25-24(23)26(35-34-25)33-28(15-37)11-12-28/h1-10,13-14,32,37-39H,11-12,15H2/p+1. The van der Waals surface area contributed by atoms with Crippen molar-refractivity contribution in [2.75, 3.05) is 17.2 Å². The van der Waals surface area contributed by atoms with Crippen LogP contribution in [0.1, 0.15) is 23.3 Å². The third-order valence-electron chi connectivity index (χ3n) is 6.71. The normalized spacial score (nSPS) is 13.7. The van der Waals surface area contributed by atoms with E-state index in [2.05, 4.69) is 25.8 Å². The topological polar surface area (TPSA) is 136 Å². The summed E-state index contributed by atoms with van der Waals surface area (Å²) in [6.45, 7) is -0.0492. The van der Waals surface area contributed by atoms with Crippen LogP contribution >= 0.6 is 0 Å². The first kappa shape index (κ1) is 25.2. The molecule has 5 aromatic rings. The number of nitrogens with zero attached hydrogens (tertiary/aromatic N) is 3. The van der Waals surface area contributed by atoms with E-state index in [0.29, 0.717) is 32.9 Å². The number of aromatic nitrogens is 4. The van der Waals surface area contributed by atoms with E-state index in [0.717, 1.165) is 18.9 Å². The number of rotatable bonds is 8. The second kappa shape index (κ2) is 9.89. The summed E-state index contributed by atoms with van der Waals surface area (Å²) in [5, 5.41) is 33.6. The van der Waals surface area contributed by atoms with Crippen molar-refractivity contribution in [2.24, 2.45) is 0 Å². The Bertz CT molecular complexity index is 1740. The van der Waals surface area contributed by atoms with Crippen LogP contribution < -0.4 is 20.1 Å². The monoisotopic (exact) mass is 545 g/mol. The van der Waals surface area contributed by atoms with E-state index in [1.54, 1.807) is 18.2 Å². The van der Waals surface area contributed by atoms with Crippen molar-refractivity contribution in [3.63, 3.8) is 0 Å². The number of anilines is 2. The Balaban J connectivity index is 1.22. The van der Waals surface area contributed by atoms with Crippen molar-refractivity contribution in [1.29, 1.82) is 0 Å². The second-order valence-electron chi connectivity index (χ2n) is 9.48. The predicted octanol–water partition coefficient (Wildman–Crippen LogP) is 4.41. The van der Waals surface area contributed by atoms with Crippen molar-refractivity contribution < 1.29 is 33.4 Å². The molecule has 202 valence electrons. The van der Waals surface area contributed by atoms with E-state index in [9.17, 15) is 19.5 Å². The van der Waals surface area contributed by atoms with E-state index in [4.69, 9.17) is 4.74 Å². The largest absolute Gasteiger partial charge is 0.453 e. The fraction of sp³-hybridized carbons (Fsp3) is 0.143. The Kier molecular flexibility index (Phi) is 6.23. The number of ether oxygens (including phenoxy) is 1. The Morgan fingerprint density at radius 1 is 1.07 bits per heavy atom. The van der Waals surface area contributed by atoms with Crippen LogP contribution in [-0.4, -0.2) is 43.5 Å². The molecule has 2 aromatic carbocycles. The van der Waals surface area contributed by atoms with E-state index in [1.807, 2.05) is 0 Å². The molecular weight excluding hydrogens is 522 g/mol. The molecule has 0 saturated heterocycles. The molecule has 0 aliphatic heterocycles. The summed E-state index contributed by atoms with van der Waals surface area (Å²) in [5.41, 5.74) is 0.773. The number of pyridine rings is 2. The molecule has 0 radical (unpaired) electrons. The molecule has 0 unspecified atom stereocenters. The van der Waals surface area contributed by atoms with Gasteiger partial charge >= 0.3 is 11.6 Å². The van der Waals surface area contributed by atoms with E-state index < -0.39 is 23.1 Å². The minimum Gasteiger partial charge on any atom is -0.453 e. The molecule has 1 saturated carbocycles. The quantitative estimate of drug-likeness (QED) is 0.144. The van der Waals surface area contributed by atoms with Crippen LogP contribution in [0.3, 0.4) is 0 Å². The molecule has 3 aromatic heterocycles. The number of hydrogen-bond acceptors (Lipinski definition) is 7. The maximum absolute atomic E-state index is 15.1. The second-order valence-corrected chi connectivity index (χ2v) is 9.48. The summed E-state index contributed by atoms with van der Waals surface area (Å²) < 4.78 is 34.9. The number of halogens is 2. The van der Waals surface area contributed by atoms with Gasteiger partial charge in [-0.05, 0) is 55.3 Å². The Hall–Kier alpha value is -5.10. The summed E-state index contributed by atoms with van der Waals surface area (Å²) in [6, 6.07) is 15.5. The molecule has 40 heavy (non-hydrogen) atoms. The van der Waals surface area contributed by atoms with Gasteiger partial charge in [0.2, 0.25) is 0 Å². The third kappa shape index (κ3) is 4.76. The first-order chi connectivity index (χ1) is 19.4. The number of nitrogens with one attached hydrogen (secondary N) is 3. The number of benzene rings is 2. The zero-order valence-corrected chi connectivity index (χ0v) is 20.9. The highest BCUT2D eigenvalue weighted by Gasteiger charge is 2.43. The smallest absolute Gasteiger partial charge is 0.325 e. The molecule has 0 spiro atoms. The fourth-order valence-corrected chi connectivity index (χ4v) is 4.31. The van der Waals surface area contributed by atoms with Crippen molar-refractivity contribution >= 4 is 28.4 Å². The summed E-state index contributed by atoms with van der Waals surface area (Å²) in [6.07, 6.45) is 3.08. The van der Waals surface area contributed by atoms with Gasteiger partial charge in [0, 0.05) is 40.9 Å². The summed E-state index contributed by atoms with van der Waals surface area (Å²) >= 11 is 0. The number of aromatic amines is 1. The van der Waals surface area contributed by atoms with Crippen LogP contribution in [0.5, 0.6) is 11.5 Å². The van der Waals surface area contributed by atoms with Crippen LogP contribution in [0.4, 0.5) is 20.3 Å².